The van der Waals surface area contributed by atoms with Crippen LogP contribution in [0.25, 0.3) is 0 Å². The Morgan fingerprint density at radius 1 is 0.585 bits per heavy atom. The lowest BCUT2D eigenvalue weighted by molar-refractivity contribution is -0.161. The van der Waals surface area contributed by atoms with Crippen molar-refractivity contribution in [2.45, 2.75) is 199 Å². The van der Waals surface area contributed by atoms with E-state index in [2.05, 4.69) is 30.5 Å². The molecule has 0 aromatic rings. The van der Waals surface area contributed by atoms with Gasteiger partial charge in [-0.05, 0) is 38.5 Å². The highest BCUT2D eigenvalue weighted by Gasteiger charge is 2.22. The molecule has 0 fully saturated rings. The van der Waals surface area contributed by atoms with Gasteiger partial charge in [0, 0.05) is 12.8 Å². The van der Waals surface area contributed by atoms with Crippen molar-refractivity contribution in [3.8, 4) is 0 Å². The minimum absolute atomic E-state index is 0.172. The van der Waals surface area contributed by atoms with Gasteiger partial charge in [0.15, 0.2) is 6.10 Å². The zero-order valence-electron chi connectivity index (χ0n) is 33.5. The van der Waals surface area contributed by atoms with Crippen LogP contribution in [-0.2, 0) is 28.2 Å². The van der Waals surface area contributed by atoms with Crippen LogP contribution in [0.15, 0.2) is 48.6 Å². The van der Waals surface area contributed by atoms with Gasteiger partial charge in [0.25, 0.3) is 0 Å². The van der Waals surface area contributed by atoms with Gasteiger partial charge in [-0.3, -0.25) is 14.1 Å². The maximum atomic E-state index is 12.4. The van der Waals surface area contributed by atoms with Crippen LogP contribution in [0.2, 0.25) is 0 Å². The van der Waals surface area contributed by atoms with E-state index in [1.54, 1.807) is 0 Å². The quantitative estimate of drug-likeness (QED) is 0.0184. The summed E-state index contributed by atoms with van der Waals surface area (Å²) in [6.45, 7) is 3.52. The number of hydrogen-bond donors (Lipinski definition) is 3. The molecule has 0 aromatic heterocycles. The number of aliphatic hydroxyl groups excluding tert-OH is 1. The molecule has 53 heavy (non-hydrogen) atoms. The number of phosphoric acid groups is 1. The number of esters is 2. The maximum Gasteiger partial charge on any atom is 0.469 e. The SMILES string of the molecule is CCCCCCCCCCCCCCCCCCCC(=O)O[C@H](COC(=O)CCC/C=C\C/C=C\C/C=C\C=C\[C@H](O)CCCCC)COP(=O)(O)O. The molecule has 0 rings (SSSR count). The molecule has 10 heteroatoms. The zero-order chi connectivity index (χ0) is 39.1. The zero-order valence-corrected chi connectivity index (χ0v) is 34.4. The van der Waals surface area contributed by atoms with Crippen LogP contribution in [0.3, 0.4) is 0 Å². The van der Waals surface area contributed by atoms with E-state index in [-0.39, 0.29) is 25.6 Å². The Bertz CT molecular complexity index is 1020. The summed E-state index contributed by atoms with van der Waals surface area (Å²) in [7, 11) is -4.77. The molecule has 0 aliphatic rings. The first kappa shape index (κ1) is 51.0. The highest BCUT2D eigenvalue weighted by Crippen LogP contribution is 2.36. The molecule has 9 nitrogen and oxygen atoms in total. The van der Waals surface area contributed by atoms with E-state index < -0.39 is 32.5 Å². The molecule has 0 aliphatic heterocycles. The molecule has 0 heterocycles. The van der Waals surface area contributed by atoms with Crippen molar-refractivity contribution in [1.29, 1.82) is 0 Å². The average Bonchev–Trinajstić information content (AvgIpc) is 3.12. The van der Waals surface area contributed by atoms with Crippen LogP contribution in [0, 0.1) is 0 Å². The van der Waals surface area contributed by atoms with Gasteiger partial charge >= 0.3 is 19.8 Å². The molecular formula is C43H77O9P. The van der Waals surface area contributed by atoms with Gasteiger partial charge in [-0.1, -0.05) is 184 Å². The van der Waals surface area contributed by atoms with Crippen LogP contribution < -0.4 is 0 Å². The smallest absolute Gasteiger partial charge is 0.462 e. The lowest BCUT2D eigenvalue weighted by Gasteiger charge is -2.18. The molecule has 0 unspecified atom stereocenters. The van der Waals surface area contributed by atoms with Gasteiger partial charge in [0.2, 0.25) is 0 Å². The molecule has 0 saturated carbocycles. The molecule has 0 aliphatic carbocycles. The number of unbranched alkanes of at least 4 members (excludes halogenated alkanes) is 19. The Morgan fingerprint density at radius 2 is 1.08 bits per heavy atom. The van der Waals surface area contributed by atoms with Gasteiger partial charge in [-0.15, -0.1) is 0 Å². The topological polar surface area (TPSA) is 140 Å². The van der Waals surface area contributed by atoms with Crippen molar-refractivity contribution < 1.29 is 43.0 Å². The van der Waals surface area contributed by atoms with Gasteiger partial charge in [-0.2, -0.15) is 0 Å². The van der Waals surface area contributed by atoms with Crippen LogP contribution in [0.1, 0.15) is 187 Å². The molecule has 0 amide bonds. The summed E-state index contributed by atoms with van der Waals surface area (Å²) in [5, 5.41) is 9.87. The van der Waals surface area contributed by atoms with Crippen LogP contribution in [0.5, 0.6) is 0 Å². The molecular weight excluding hydrogens is 691 g/mol. The second kappa shape index (κ2) is 38.3. The van der Waals surface area contributed by atoms with Crippen LogP contribution in [0.4, 0.5) is 0 Å². The lowest BCUT2D eigenvalue weighted by Crippen LogP contribution is -2.29. The fraction of sp³-hybridized carbons (Fsp3) is 0.767. The lowest BCUT2D eigenvalue weighted by atomic mass is 10.0. The van der Waals surface area contributed by atoms with Crippen molar-refractivity contribution in [2.75, 3.05) is 13.2 Å². The average molecular weight is 769 g/mol. The minimum atomic E-state index is -4.77. The highest BCUT2D eigenvalue weighted by atomic mass is 31.2. The number of allylic oxidation sites excluding steroid dienone is 7. The standard InChI is InChI=1S/C43H77O9P/c1-3-5-7-8-9-10-11-12-13-14-15-16-19-23-26-29-33-37-43(46)52-41(39-51-53(47,48)49)38-50-42(45)36-32-28-25-22-20-17-18-21-24-27-31-35-40(44)34-30-6-4-2/h17-18,22,24-25,27,31,35,40-41,44H,3-16,19-21,23,26,28-30,32-34,36-39H2,1-2H3,(H2,47,48,49)/b18-17-,25-22-,27-24-,35-31+/t40-,41-/m1/s1. The first-order chi connectivity index (χ1) is 25.7. The Labute approximate surface area is 323 Å². The minimum Gasteiger partial charge on any atom is -0.462 e. The van der Waals surface area contributed by atoms with E-state index in [4.69, 9.17) is 19.3 Å². The predicted octanol–water partition coefficient (Wildman–Crippen LogP) is 11.7. The second-order valence-corrected chi connectivity index (χ2v) is 15.4. The van der Waals surface area contributed by atoms with Gasteiger partial charge in [0.05, 0.1) is 12.7 Å². The molecule has 0 saturated heterocycles. The van der Waals surface area contributed by atoms with Gasteiger partial charge < -0.3 is 24.4 Å². The number of hydrogen-bond acceptors (Lipinski definition) is 7. The van der Waals surface area contributed by atoms with Gasteiger partial charge in [-0.25, -0.2) is 4.57 Å². The first-order valence-corrected chi connectivity index (χ1v) is 22.6. The van der Waals surface area contributed by atoms with E-state index >= 15 is 0 Å². The largest absolute Gasteiger partial charge is 0.469 e. The normalized spacial score (nSPS) is 13.5. The molecule has 3 N–H and O–H groups in total. The van der Waals surface area contributed by atoms with E-state index in [1.807, 2.05) is 36.5 Å². The third-order valence-electron chi connectivity index (χ3n) is 8.95. The third-order valence-corrected chi connectivity index (χ3v) is 9.44. The Morgan fingerprint density at radius 3 is 1.64 bits per heavy atom. The van der Waals surface area contributed by atoms with Crippen molar-refractivity contribution in [2.24, 2.45) is 0 Å². The molecule has 0 aromatic carbocycles. The third kappa shape index (κ3) is 41.0. The van der Waals surface area contributed by atoms with Crippen LogP contribution in [-0.4, -0.2) is 52.3 Å². The molecule has 2 atom stereocenters. The van der Waals surface area contributed by atoms with Gasteiger partial charge in [0.1, 0.15) is 6.61 Å². The van der Waals surface area contributed by atoms with E-state index in [9.17, 15) is 19.3 Å². The van der Waals surface area contributed by atoms with Crippen LogP contribution >= 0.6 is 7.82 Å². The Hall–Kier alpha value is -2.03. The first-order valence-electron chi connectivity index (χ1n) is 21.0. The number of carbonyl (C=O) groups excluding carboxylic acids is 2. The summed E-state index contributed by atoms with van der Waals surface area (Å²) in [6.07, 6.45) is 43.0. The summed E-state index contributed by atoms with van der Waals surface area (Å²) < 4.78 is 26.3. The maximum absolute atomic E-state index is 12.4. The second-order valence-electron chi connectivity index (χ2n) is 14.2. The number of aliphatic hydroxyl groups is 1. The fourth-order valence-electron chi connectivity index (χ4n) is 5.77. The fourth-order valence-corrected chi connectivity index (χ4v) is 6.13. The Kier molecular flexibility index (Phi) is 36.8. The number of rotatable bonds is 38. The van der Waals surface area contributed by atoms with E-state index in [0.29, 0.717) is 19.3 Å². The molecule has 0 spiro atoms. The summed E-state index contributed by atoms with van der Waals surface area (Å²) >= 11 is 0. The Balaban J connectivity index is 4.04. The van der Waals surface area contributed by atoms with Crippen molar-refractivity contribution in [1.82, 2.24) is 0 Å². The summed E-state index contributed by atoms with van der Waals surface area (Å²) in [5.41, 5.74) is 0. The summed E-state index contributed by atoms with van der Waals surface area (Å²) in [4.78, 5) is 42.8. The number of phosphoric ester groups is 1. The van der Waals surface area contributed by atoms with Crippen molar-refractivity contribution in [3.63, 3.8) is 0 Å². The summed E-state index contributed by atoms with van der Waals surface area (Å²) in [5.74, 6) is -0.973. The molecule has 0 bridgehead atoms. The predicted molar refractivity (Wildman–Crippen MR) is 217 cm³/mol. The number of carbonyl (C=O) groups is 2. The summed E-state index contributed by atoms with van der Waals surface area (Å²) in [6, 6.07) is 0. The molecule has 308 valence electrons. The van der Waals surface area contributed by atoms with E-state index in [1.165, 1.54) is 83.5 Å². The van der Waals surface area contributed by atoms with Crippen molar-refractivity contribution in [3.05, 3.63) is 48.6 Å². The number of ether oxygens (including phenoxy) is 2. The molecule has 0 radical (unpaired) electrons. The highest BCUT2D eigenvalue weighted by molar-refractivity contribution is 7.46. The van der Waals surface area contributed by atoms with E-state index in [0.717, 1.165) is 57.8 Å². The van der Waals surface area contributed by atoms with Crippen molar-refractivity contribution >= 4 is 19.8 Å². The monoisotopic (exact) mass is 769 g/mol.